The summed E-state index contributed by atoms with van der Waals surface area (Å²) in [6, 6.07) is 8.96. The van der Waals surface area contributed by atoms with Crippen LogP contribution in [0.4, 0.5) is 5.69 Å². The number of anilines is 1. The van der Waals surface area contributed by atoms with E-state index in [4.69, 9.17) is 0 Å². The van der Waals surface area contributed by atoms with Gasteiger partial charge in [-0.3, -0.25) is 0 Å². The minimum Gasteiger partial charge on any atom is -0.371 e. The van der Waals surface area contributed by atoms with Gasteiger partial charge in [-0.05, 0) is 58.0 Å². The van der Waals surface area contributed by atoms with E-state index in [1.54, 1.807) is 5.56 Å². The van der Waals surface area contributed by atoms with E-state index in [-0.39, 0.29) is 0 Å². The number of hydrogen-bond donors (Lipinski definition) is 0. The molecule has 0 saturated carbocycles. The number of fused-ring (bicyclic) bond motifs is 1. The van der Waals surface area contributed by atoms with E-state index in [0.29, 0.717) is 0 Å². The molecule has 0 amide bonds. The molecular weight excluding hydrogens is 256 g/mol. The molecule has 1 aliphatic rings. The van der Waals surface area contributed by atoms with Crippen molar-refractivity contribution < 1.29 is 0 Å². The summed E-state index contributed by atoms with van der Waals surface area (Å²) in [6.45, 7) is 3.74. The van der Waals surface area contributed by atoms with Crippen molar-refractivity contribution in [3.8, 4) is 0 Å². The monoisotopic (exact) mass is 288 g/mol. The Balaban J connectivity index is 1.58. The molecule has 21 heavy (non-hydrogen) atoms. The minimum atomic E-state index is 1.24. The predicted octanol–water partition coefficient (Wildman–Crippen LogP) is 4.34. The van der Waals surface area contributed by atoms with E-state index in [1.807, 2.05) is 0 Å². The molecule has 0 spiro atoms. The van der Waals surface area contributed by atoms with Crippen molar-refractivity contribution in [1.29, 1.82) is 0 Å². The molecule has 0 atom stereocenters. The molecule has 1 aromatic rings. The van der Waals surface area contributed by atoms with Crippen LogP contribution in [-0.4, -0.2) is 38.6 Å². The predicted molar refractivity (Wildman–Crippen MR) is 93.2 cm³/mol. The van der Waals surface area contributed by atoms with E-state index in [1.165, 1.54) is 76.7 Å². The molecule has 1 aromatic carbocycles. The van der Waals surface area contributed by atoms with Gasteiger partial charge in [-0.25, -0.2) is 0 Å². The van der Waals surface area contributed by atoms with E-state index < -0.39 is 0 Å². The SMILES string of the molecule is CN(C)CCCCCCCCN1CCCc2ccccc21. The lowest BCUT2D eigenvalue weighted by Gasteiger charge is -2.31. The van der Waals surface area contributed by atoms with Crippen molar-refractivity contribution in [3.63, 3.8) is 0 Å². The van der Waals surface area contributed by atoms with Crippen LogP contribution >= 0.6 is 0 Å². The van der Waals surface area contributed by atoms with Crippen LogP contribution in [0.2, 0.25) is 0 Å². The molecule has 0 aliphatic carbocycles. The molecule has 0 radical (unpaired) electrons. The van der Waals surface area contributed by atoms with Gasteiger partial charge in [0, 0.05) is 18.8 Å². The highest BCUT2D eigenvalue weighted by Crippen LogP contribution is 2.26. The van der Waals surface area contributed by atoms with Gasteiger partial charge in [0.25, 0.3) is 0 Å². The first-order valence-electron chi connectivity index (χ1n) is 8.75. The molecule has 0 N–H and O–H groups in total. The Morgan fingerprint density at radius 1 is 0.952 bits per heavy atom. The zero-order valence-corrected chi connectivity index (χ0v) is 14.0. The number of nitrogens with zero attached hydrogens (tertiary/aromatic N) is 2. The molecule has 2 nitrogen and oxygen atoms in total. The van der Waals surface area contributed by atoms with Gasteiger partial charge in [0.05, 0.1) is 0 Å². The lowest BCUT2D eigenvalue weighted by atomic mass is 10.0. The van der Waals surface area contributed by atoms with Crippen molar-refractivity contribution in [2.24, 2.45) is 0 Å². The van der Waals surface area contributed by atoms with Gasteiger partial charge >= 0.3 is 0 Å². The van der Waals surface area contributed by atoms with Crippen LogP contribution in [0.5, 0.6) is 0 Å². The highest BCUT2D eigenvalue weighted by molar-refractivity contribution is 5.55. The Morgan fingerprint density at radius 3 is 2.48 bits per heavy atom. The smallest absolute Gasteiger partial charge is 0.0398 e. The summed E-state index contributed by atoms with van der Waals surface area (Å²) in [5.74, 6) is 0. The van der Waals surface area contributed by atoms with Crippen LogP contribution in [0.25, 0.3) is 0 Å². The second-order valence-electron chi connectivity index (χ2n) is 6.64. The van der Waals surface area contributed by atoms with Gasteiger partial charge in [-0.15, -0.1) is 0 Å². The maximum Gasteiger partial charge on any atom is 0.0398 e. The van der Waals surface area contributed by atoms with Gasteiger partial charge in [-0.1, -0.05) is 43.9 Å². The number of hydrogen-bond acceptors (Lipinski definition) is 2. The van der Waals surface area contributed by atoms with Gasteiger partial charge in [0.15, 0.2) is 0 Å². The lowest BCUT2D eigenvalue weighted by Crippen LogP contribution is -2.30. The summed E-state index contributed by atoms with van der Waals surface area (Å²) in [5.41, 5.74) is 3.04. The van der Waals surface area contributed by atoms with Crippen molar-refractivity contribution in [2.45, 2.75) is 51.4 Å². The third-order valence-corrected chi connectivity index (χ3v) is 4.49. The first kappa shape index (κ1) is 16.4. The second kappa shape index (κ2) is 9.09. The van der Waals surface area contributed by atoms with E-state index in [2.05, 4.69) is 48.2 Å². The number of aryl methyl sites for hydroxylation is 1. The zero-order chi connectivity index (χ0) is 14.9. The third kappa shape index (κ3) is 5.70. The van der Waals surface area contributed by atoms with Crippen LogP contribution in [0, 0.1) is 0 Å². The fraction of sp³-hybridized carbons (Fsp3) is 0.684. The largest absolute Gasteiger partial charge is 0.371 e. The quantitative estimate of drug-likeness (QED) is 0.624. The van der Waals surface area contributed by atoms with Crippen molar-refractivity contribution in [1.82, 2.24) is 4.90 Å². The zero-order valence-electron chi connectivity index (χ0n) is 14.0. The average Bonchev–Trinajstić information content (AvgIpc) is 2.50. The molecule has 0 bridgehead atoms. The molecule has 2 heteroatoms. The average molecular weight is 288 g/mol. The van der Waals surface area contributed by atoms with Gasteiger partial charge in [0.2, 0.25) is 0 Å². The molecule has 0 aromatic heterocycles. The summed E-state index contributed by atoms with van der Waals surface area (Å²) in [7, 11) is 4.33. The van der Waals surface area contributed by atoms with Crippen LogP contribution in [0.3, 0.4) is 0 Å². The lowest BCUT2D eigenvalue weighted by molar-refractivity contribution is 0.389. The number of benzene rings is 1. The Hall–Kier alpha value is -1.02. The van der Waals surface area contributed by atoms with E-state index in [0.717, 1.165) is 0 Å². The van der Waals surface area contributed by atoms with Crippen LogP contribution in [0.15, 0.2) is 24.3 Å². The number of rotatable bonds is 9. The Morgan fingerprint density at radius 2 is 1.67 bits per heavy atom. The van der Waals surface area contributed by atoms with Crippen molar-refractivity contribution in [3.05, 3.63) is 29.8 Å². The standard InChI is InChI=1S/C19H32N2/c1-20(2)15-9-5-3-4-6-10-16-21-17-11-13-18-12-7-8-14-19(18)21/h7-8,12,14H,3-6,9-11,13,15-17H2,1-2H3. The first-order chi connectivity index (χ1) is 10.3. The molecule has 1 aliphatic heterocycles. The normalized spacial score (nSPS) is 14.5. The number of para-hydroxylation sites is 1. The maximum atomic E-state index is 2.60. The summed E-state index contributed by atoms with van der Waals surface area (Å²) < 4.78 is 0. The summed E-state index contributed by atoms with van der Waals surface area (Å²) in [4.78, 5) is 4.89. The van der Waals surface area contributed by atoms with Crippen LogP contribution in [-0.2, 0) is 6.42 Å². The first-order valence-corrected chi connectivity index (χ1v) is 8.75. The molecule has 0 saturated heterocycles. The Labute approximate surface area is 131 Å². The molecule has 118 valence electrons. The summed E-state index contributed by atoms with van der Waals surface area (Å²) in [5, 5.41) is 0. The van der Waals surface area contributed by atoms with Crippen LogP contribution < -0.4 is 4.90 Å². The fourth-order valence-electron chi connectivity index (χ4n) is 3.28. The molecule has 2 rings (SSSR count). The summed E-state index contributed by atoms with van der Waals surface area (Å²) >= 11 is 0. The molecule has 0 fully saturated rings. The number of unbranched alkanes of at least 4 members (excludes halogenated alkanes) is 5. The second-order valence-corrected chi connectivity index (χ2v) is 6.64. The molecule has 0 unspecified atom stereocenters. The van der Waals surface area contributed by atoms with Crippen molar-refractivity contribution >= 4 is 5.69 Å². The fourth-order valence-corrected chi connectivity index (χ4v) is 3.28. The highest BCUT2D eigenvalue weighted by atomic mass is 15.1. The van der Waals surface area contributed by atoms with Crippen LogP contribution in [0.1, 0.15) is 50.5 Å². The maximum absolute atomic E-state index is 2.60. The topological polar surface area (TPSA) is 6.48 Å². The third-order valence-electron chi connectivity index (χ3n) is 4.49. The molecular formula is C19H32N2. The van der Waals surface area contributed by atoms with E-state index in [9.17, 15) is 0 Å². The Bertz CT molecular complexity index is 400. The Kier molecular flexibility index (Phi) is 7.08. The van der Waals surface area contributed by atoms with E-state index >= 15 is 0 Å². The minimum absolute atomic E-state index is 1.24. The highest BCUT2D eigenvalue weighted by Gasteiger charge is 2.15. The van der Waals surface area contributed by atoms with Gasteiger partial charge in [0.1, 0.15) is 0 Å². The summed E-state index contributed by atoms with van der Waals surface area (Å²) in [6.07, 6.45) is 10.9. The van der Waals surface area contributed by atoms with Gasteiger partial charge < -0.3 is 9.80 Å². The van der Waals surface area contributed by atoms with Crippen molar-refractivity contribution in [2.75, 3.05) is 38.6 Å². The molecule has 1 heterocycles. The van der Waals surface area contributed by atoms with Gasteiger partial charge in [-0.2, -0.15) is 0 Å².